The van der Waals surface area contributed by atoms with Crippen LogP contribution in [-0.4, -0.2) is 24.9 Å². The van der Waals surface area contributed by atoms with Gasteiger partial charge in [-0.1, -0.05) is 6.07 Å². The van der Waals surface area contributed by atoms with E-state index in [0.29, 0.717) is 17.9 Å². The second-order valence-electron chi connectivity index (χ2n) is 5.32. The highest BCUT2D eigenvalue weighted by Crippen LogP contribution is 2.23. The highest BCUT2D eigenvalue weighted by Gasteiger charge is 2.17. The van der Waals surface area contributed by atoms with Crippen molar-refractivity contribution in [3.05, 3.63) is 47.5 Å². The number of fused-ring (bicyclic) bond motifs is 1. The van der Waals surface area contributed by atoms with Crippen molar-refractivity contribution in [1.29, 1.82) is 0 Å². The zero-order valence-corrected chi connectivity index (χ0v) is 12.6. The highest BCUT2D eigenvalue weighted by atomic mass is 32.2. The van der Waals surface area contributed by atoms with Gasteiger partial charge in [0.15, 0.2) is 0 Å². The maximum atomic E-state index is 12.3. The molecule has 1 aromatic heterocycles. The van der Waals surface area contributed by atoms with Gasteiger partial charge in [0.2, 0.25) is 10.0 Å². The molecule has 1 aromatic carbocycles. The molecule has 0 bridgehead atoms. The summed E-state index contributed by atoms with van der Waals surface area (Å²) < 4.78 is 27.2. The van der Waals surface area contributed by atoms with Crippen molar-refractivity contribution in [2.45, 2.75) is 37.0 Å². The molecular weight excluding hydrogens is 286 g/mol. The third-order valence-electron chi connectivity index (χ3n) is 3.84. The van der Waals surface area contributed by atoms with Crippen molar-refractivity contribution in [2.24, 2.45) is 0 Å². The van der Waals surface area contributed by atoms with Crippen LogP contribution in [0.15, 0.2) is 35.5 Å². The Balaban J connectivity index is 1.69. The topological polar surface area (TPSA) is 74.8 Å². The normalized spacial score (nSPS) is 14.9. The number of imidazole rings is 1. The fourth-order valence-corrected chi connectivity index (χ4v) is 3.78. The molecule has 0 atom stereocenters. The summed E-state index contributed by atoms with van der Waals surface area (Å²) >= 11 is 0. The molecule has 1 aliphatic carbocycles. The summed E-state index contributed by atoms with van der Waals surface area (Å²) in [6.07, 6.45) is 8.31. The van der Waals surface area contributed by atoms with Crippen LogP contribution in [0.4, 0.5) is 0 Å². The fraction of sp³-hybridized carbons (Fsp3) is 0.400. The molecule has 0 amide bonds. The van der Waals surface area contributed by atoms with Crippen molar-refractivity contribution in [1.82, 2.24) is 14.7 Å². The van der Waals surface area contributed by atoms with Crippen LogP contribution in [0.5, 0.6) is 0 Å². The molecule has 21 heavy (non-hydrogen) atoms. The lowest BCUT2D eigenvalue weighted by Crippen LogP contribution is -2.26. The van der Waals surface area contributed by atoms with Crippen LogP contribution in [0.3, 0.4) is 0 Å². The van der Waals surface area contributed by atoms with Gasteiger partial charge in [0.1, 0.15) is 5.82 Å². The average Bonchev–Trinajstić information content (AvgIpc) is 3.00. The SMILES string of the molecule is O=S(=O)(NCCc1ncc[nH]1)c1ccc2c(c1)CCCC2. The number of aryl methyl sites for hydroxylation is 2. The van der Waals surface area contributed by atoms with Gasteiger partial charge in [0, 0.05) is 25.4 Å². The average molecular weight is 305 g/mol. The van der Waals surface area contributed by atoms with Gasteiger partial charge >= 0.3 is 0 Å². The largest absolute Gasteiger partial charge is 0.349 e. The predicted molar refractivity (Wildman–Crippen MR) is 80.6 cm³/mol. The van der Waals surface area contributed by atoms with E-state index in [1.165, 1.54) is 17.5 Å². The molecule has 0 saturated carbocycles. The van der Waals surface area contributed by atoms with Crippen LogP contribution >= 0.6 is 0 Å². The number of hydrogen-bond acceptors (Lipinski definition) is 3. The Morgan fingerprint density at radius 3 is 2.76 bits per heavy atom. The monoisotopic (exact) mass is 305 g/mol. The molecule has 2 aromatic rings. The molecule has 1 aliphatic rings. The quantitative estimate of drug-likeness (QED) is 0.884. The minimum atomic E-state index is -3.44. The predicted octanol–water partition coefficient (Wildman–Crippen LogP) is 1.81. The minimum absolute atomic E-state index is 0.340. The standard InChI is InChI=1S/C15H19N3O2S/c19-21(20,18-8-7-15-16-9-10-17-15)14-6-5-12-3-1-2-4-13(12)11-14/h5-6,9-11,18H,1-4,7-8H2,(H,16,17). The first-order valence-electron chi connectivity index (χ1n) is 7.25. The molecule has 5 nitrogen and oxygen atoms in total. The molecule has 0 saturated heterocycles. The Labute approximate surface area is 124 Å². The minimum Gasteiger partial charge on any atom is -0.349 e. The van der Waals surface area contributed by atoms with Crippen molar-refractivity contribution >= 4 is 10.0 Å². The number of benzene rings is 1. The third kappa shape index (κ3) is 3.33. The molecule has 0 fully saturated rings. The van der Waals surface area contributed by atoms with Crippen LogP contribution in [0.2, 0.25) is 0 Å². The van der Waals surface area contributed by atoms with E-state index in [-0.39, 0.29) is 0 Å². The number of sulfonamides is 1. The first-order chi connectivity index (χ1) is 10.1. The van der Waals surface area contributed by atoms with E-state index in [1.54, 1.807) is 18.5 Å². The van der Waals surface area contributed by atoms with Crippen molar-refractivity contribution in [3.8, 4) is 0 Å². The Kier molecular flexibility index (Phi) is 4.07. The van der Waals surface area contributed by atoms with E-state index in [1.807, 2.05) is 12.1 Å². The Hall–Kier alpha value is -1.66. The molecule has 112 valence electrons. The fourth-order valence-electron chi connectivity index (χ4n) is 2.70. The van der Waals surface area contributed by atoms with E-state index in [0.717, 1.165) is 25.1 Å². The molecule has 3 rings (SSSR count). The number of hydrogen-bond donors (Lipinski definition) is 2. The van der Waals surface area contributed by atoms with Gasteiger partial charge in [-0.05, 0) is 48.9 Å². The lowest BCUT2D eigenvalue weighted by atomic mass is 9.92. The highest BCUT2D eigenvalue weighted by molar-refractivity contribution is 7.89. The maximum Gasteiger partial charge on any atom is 0.240 e. The van der Waals surface area contributed by atoms with Gasteiger partial charge in [-0.25, -0.2) is 18.1 Å². The summed E-state index contributed by atoms with van der Waals surface area (Å²) in [7, 11) is -3.44. The molecule has 2 N–H and O–H groups in total. The summed E-state index contributed by atoms with van der Waals surface area (Å²) in [5, 5.41) is 0. The zero-order chi connectivity index (χ0) is 14.7. The summed E-state index contributed by atoms with van der Waals surface area (Å²) in [6, 6.07) is 5.48. The van der Waals surface area contributed by atoms with Gasteiger partial charge < -0.3 is 4.98 Å². The van der Waals surface area contributed by atoms with E-state index in [2.05, 4.69) is 14.7 Å². The van der Waals surface area contributed by atoms with E-state index >= 15 is 0 Å². The van der Waals surface area contributed by atoms with Crippen molar-refractivity contribution < 1.29 is 8.42 Å². The molecule has 0 aliphatic heterocycles. The lowest BCUT2D eigenvalue weighted by Gasteiger charge is -2.16. The molecule has 6 heteroatoms. The number of nitrogens with zero attached hydrogens (tertiary/aromatic N) is 1. The zero-order valence-electron chi connectivity index (χ0n) is 11.8. The number of aromatic nitrogens is 2. The van der Waals surface area contributed by atoms with E-state index < -0.39 is 10.0 Å². The van der Waals surface area contributed by atoms with Gasteiger partial charge in [0.25, 0.3) is 0 Å². The van der Waals surface area contributed by atoms with Crippen LogP contribution in [0, 0.1) is 0 Å². The van der Waals surface area contributed by atoms with Gasteiger partial charge in [-0.3, -0.25) is 0 Å². The first-order valence-corrected chi connectivity index (χ1v) is 8.73. The second kappa shape index (κ2) is 5.99. The molecule has 0 unspecified atom stereocenters. The van der Waals surface area contributed by atoms with Gasteiger partial charge in [0.05, 0.1) is 4.90 Å². The smallest absolute Gasteiger partial charge is 0.240 e. The first kappa shape index (κ1) is 14.3. The van der Waals surface area contributed by atoms with E-state index in [9.17, 15) is 8.42 Å². The van der Waals surface area contributed by atoms with E-state index in [4.69, 9.17) is 0 Å². The van der Waals surface area contributed by atoms with Crippen LogP contribution in [0.25, 0.3) is 0 Å². The summed E-state index contributed by atoms with van der Waals surface area (Å²) in [6.45, 7) is 0.340. The van der Waals surface area contributed by atoms with Gasteiger partial charge in [-0.15, -0.1) is 0 Å². The van der Waals surface area contributed by atoms with Crippen LogP contribution in [-0.2, 0) is 29.3 Å². The number of H-pyrrole nitrogens is 1. The third-order valence-corrected chi connectivity index (χ3v) is 5.30. The Morgan fingerprint density at radius 1 is 1.19 bits per heavy atom. The summed E-state index contributed by atoms with van der Waals surface area (Å²) in [5.74, 6) is 0.781. The molecular formula is C15H19N3O2S. The summed E-state index contributed by atoms with van der Waals surface area (Å²) in [4.78, 5) is 7.40. The summed E-state index contributed by atoms with van der Waals surface area (Å²) in [5.41, 5.74) is 2.46. The second-order valence-corrected chi connectivity index (χ2v) is 7.09. The molecule has 1 heterocycles. The molecule has 0 radical (unpaired) electrons. The number of nitrogens with one attached hydrogen (secondary N) is 2. The van der Waals surface area contributed by atoms with Gasteiger partial charge in [-0.2, -0.15) is 0 Å². The van der Waals surface area contributed by atoms with Crippen LogP contribution in [0.1, 0.15) is 29.8 Å². The van der Waals surface area contributed by atoms with Crippen molar-refractivity contribution in [2.75, 3.05) is 6.54 Å². The Morgan fingerprint density at radius 2 is 2.00 bits per heavy atom. The Bertz CT molecular complexity index is 709. The molecule has 0 spiro atoms. The lowest BCUT2D eigenvalue weighted by molar-refractivity contribution is 0.580. The van der Waals surface area contributed by atoms with Crippen molar-refractivity contribution in [3.63, 3.8) is 0 Å². The van der Waals surface area contributed by atoms with Crippen LogP contribution < -0.4 is 4.72 Å². The maximum absolute atomic E-state index is 12.3. The number of rotatable bonds is 5. The number of aromatic amines is 1.